The van der Waals surface area contributed by atoms with Crippen molar-refractivity contribution < 1.29 is 9.84 Å². The molecule has 1 aromatic carbocycles. The summed E-state index contributed by atoms with van der Waals surface area (Å²) in [5.74, 6) is 0. The maximum atomic E-state index is 9.97. The summed E-state index contributed by atoms with van der Waals surface area (Å²) < 4.78 is 4.97. The van der Waals surface area contributed by atoms with Crippen LogP contribution in [-0.4, -0.2) is 24.4 Å². The third-order valence-corrected chi connectivity index (χ3v) is 2.29. The van der Waals surface area contributed by atoms with Crippen molar-refractivity contribution in [2.45, 2.75) is 25.9 Å². The minimum Gasteiger partial charge on any atom is -0.387 e. The van der Waals surface area contributed by atoms with E-state index in [1.54, 1.807) is 14.0 Å². The molecule has 1 atom stereocenters. The molecule has 2 heteroatoms. The second-order valence-electron chi connectivity index (χ2n) is 4.03. The largest absolute Gasteiger partial charge is 0.387 e. The number of benzene rings is 1. The van der Waals surface area contributed by atoms with E-state index in [-0.39, 0.29) is 0 Å². The Morgan fingerprint density at radius 1 is 1.36 bits per heavy atom. The SMILES string of the molecule is COCC(C)(O)Cc1ccccc1C. The molecule has 0 spiro atoms. The van der Waals surface area contributed by atoms with Crippen molar-refractivity contribution in [3.8, 4) is 0 Å². The van der Waals surface area contributed by atoms with Gasteiger partial charge in [0, 0.05) is 13.5 Å². The van der Waals surface area contributed by atoms with Crippen LogP contribution in [0.1, 0.15) is 18.1 Å². The van der Waals surface area contributed by atoms with E-state index in [0.717, 1.165) is 0 Å². The van der Waals surface area contributed by atoms with E-state index < -0.39 is 5.60 Å². The van der Waals surface area contributed by atoms with E-state index >= 15 is 0 Å². The molecule has 1 rings (SSSR count). The molecule has 0 radical (unpaired) electrons. The molecule has 1 unspecified atom stereocenters. The molecule has 0 saturated heterocycles. The Balaban J connectivity index is 2.73. The van der Waals surface area contributed by atoms with Gasteiger partial charge in [-0.25, -0.2) is 0 Å². The molecule has 0 aliphatic rings. The first-order chi connectivity index (χ1) is 6.55. The van der Waals surface area contributed by atoms with Crippen LogP contribution in [-0.2, 0) is 11.2 Å². The summed E-state index contributed by atoms with van der Waals surface area (Å²) in [4.78, 5) is 0. The first-order valence-electron chi connectivity index (χ1n) is 4.81. The van der Waals surface area contributed by atoms with Crippen molar-refractivity contribution >= 4 is 0 Å². The summed E-state index contributed by atoms with van der Waals surface area (Å²) in [6, 6.07) is 8.09. The molecule has 0 saturated carbocycles. The highest BCUT2D eigenvalue weighted by Crippen LogP contribution is 2.16. The normalized spacial score (nSPS) is 15.1. The number of hydrogen-bond acceptors (Lipinski definition) is 2. The summed E-state index contributed by atoms with van der Waals surface area (Å²) >= 11 is 0. The molecule has 1 N–H and O–H groups in total. The van der Waals surface area contributed by atoms with Gasteiger partial charge in [0.05, 0.1) is 12.2 Å². The van der Waals surface area contributed by atoms with E-state index in [4.69, 9.17) is 4.74 Å². The molecule has 0 aliphatic carbocycles. The highest BCUT2D eigenvalue weighted by Gasteiger charge is 2.21. The number of rotatable bonds is 4. The van der Waals surface area contributed by atoms with Gasteiger partial charge >= 0.3 is 0 Å². The Labute approximate surface area is 85.5 Å². The molecule has 14 heavy (non-hydrogen) atoms. The van der Waals surface area contributed by atoms with Crippen molar-refractivity contribution in [3.63, 3.8) is 0 Å². The Kier molecular flexibility index (Phi) is 3.67. The topological polar surface area (TPSA) is 29.5 Å². The fraction of sp³-hybridized carbons (Fsp3) is 0.500. The highest BCUT2D eigenvalue weighted by molar-refractivity contribution is 5.26. The predicted molar refractivity (Wildman–Crippen MR) is 57.4 cm³/mol. The smallest absolute Gasteiger partial charge is 0.0892 e. The highest BCUT2D eigenvalue weighted by atomic mass is 16.5. The molecule has 0 bridgehead atoms. The van der Waals surface area contributed by atoms with Gasteiger partial charge in [-0.2, -0.15) is 0 Å². The van der Waals surface area contributed by atoms with Gasteiger partial charge in [0.15, 0.2) is 0 Å². The van der Waals surface area contributed by atoms with Crippen LogP contribution >= 0.6 is 0 Å². The van der Waals surface area contributed by atoms with Gasteiger partial charge in [0.1, 0.15) is 0 Å². The lowest BCUT2D eigenvalue weighted by atomic mass is 9.94. The van der Waals surface area contributed by atoms with Crippen LogP contribution < -0.4 is 0 Å². The first kappa shape index (κ1) is 11.2. The number of methoxy groups -OCH3 is 1. The average Bonchev–Trinajstić information content (AvgIpc) is 2.08. The Morgan fingerprint density at radius 2 is 2.00 bits per heavy atom. The molecular weight excluding hydrogens is 176 g/mol. The van der Waals surface area contributed by atoms with Crippen molar-refractivity contribution in [3.05, 3.63) is 35.4 Å². The lowest BCUT2D eigenvalue weighted by molar-refractivity contribution is -0.0162. The fourth-order valence-electron chi connectivity index (χ4n) is 1.58. The molecule has 78 valence electrons. The number of hydrogen-bond donors (Lipinski definition) is 1. The monoisotopic (exact) mass is 194 g/mol. The van der Waals surface area contributed by atoms with Crippen LogP contribution in [0.2, 0.25) is 0 Å². The summed E-state index contributed by atoms with van der Waals surface area (Å²) in [5, 5.41) is 9.97. The van der Waals surface area contributed by atoms with Crippen molar-refractivity contribution in [1.82, 2.24) is 0 Å². The van der Waals surface area contributed by atoms with Crippen molar-refractivity contribution in [2.24, 2.45) is 0 Å². The van der Waals surface area contributed by atoms with Gasteiger partial charge in [-0.1, -0.05) is 24.3 Å². The Bertz CT molecular complexity index is 292. The summed E-state index contributed by atoms with van der Waals surface area (Å²) in [6.07, 6.45) is 0.632. The third-order valence-electron chi connectivity index (χ3n) is 2.29. The van der Waals surface area contributed by atoms with Crippen LogP contribution in [0.25, 0.3) is 0 Å². The molecule has 0 amide bonds. The van der Waals surface area contributed by atoms with E-state index in [9.17, 15) is 5.11 Å². The number of ether oxygens (including phenoxy) is 1. The Morgan fingerprint density at radius 3 is 2.57 bits per heavy atom. The first-order valence-corrected chi connectivity index (χ1v) is 4.81. The average molecular weight is 194 g/mol. The van der Waals surface area contributed by atoms with Gasteiger partial charge in [0.25, 0.3) is 0 Å². The fourth-order valence-corrected chi connectivity index (χ4v) is 1.58. The maximum Gasteiger partial charge on any atom is 0.0892 e. The van der Waals surface area contributed by atoms with Crippen molar-refractivity contribution in [1.29, 1.82) is 0 Å². The lowest BCUT2D eigenvalue weighted by Gasteiger charge is -2.23. The molecule has 0 aliphatic heterocycles. The lowest BCUT2D eigenvalue weighted by Crippen LogP contribution is -2.32. The van der Waals surface area contributed by atoms with Gasteiger partial charge in [-0.05, 0) is 25.0 Å². The van der Waals surface area contributed by atoms with Crippen LogP contribution in [0.15, 0.2) is 24.3 Å². The molecule has 0 aromatic heterocycles. The van der Waals surface area contributed by atoms with Crippen LogP contribution in [0.5, 0.6) is 0 Å². The molecule has 0 heterocycles. The minimum absolute atomic E-state index is 0.362. The molecule has 0 fully saturated rings. The van der Waals surface area contributed by atoms with Crippen LogP contribution in [0.4, 0.5) is 0 Å². The Hall–Kier alpha value is -0.860. The number of aliphatic hydroxyl groups is 1. The van der Waals surface area contributed by atoms with Gasteiger partial charge in [0.2, 0.25) is 0 Å². The van der Waals surface area contributed by atoms with Crippen LogP contribution in [0.3, 0.4) is 0 Å². The van der Waals surface area contributed by atoms with E-state index in [1.807, 2.05) is 18.2 Å². The second-order valence-corrected chi connectivity index (χ2v) is 4.03. The molecular formula is C12H18O2. The standard InChI is InChI=1S/C12H18O2/c1-10-6-4-5-7-11(10)8-12(2,13)9-14-3/h4-7,13H,8-9H2,1-3H3. The van der Waals surface area contributed by atoms with Gasteiger partial charge < -0.3 is 9.84 Å². The zero-order chi connectivity index (χ0) is 10.6. The summed E-state index contributed by atoms with van der Waals surface area (Å²) in [5.41, 5.74) is 1.61. The summed E-state index contributed by atoms with van der Waals surface area (Å²) in [7, 11) is 1.60. The van der Waals surface area contributed by atoms with E-state index in [2.05, 4.69) is 13.0 Å². The maximum absolute atomic E-state index is 9.97. The molecule has 1 aromatic rings. The van der Waals surface area contributed by atoms with Crippen LogP contribution in [0, 0.1) is 6.92 Å². The van der Waals surface area contributed by atoms with Gasteiger partial charge in [-0.3, -0.25) is 0 Å². The third kappa shape index (κ3) is 3.13. The van der Waals surface area contributed by atoms with Crippen molar-refractivity contribution in [2.75, 3.05) is 13.7 Å². The van der Waals surface area contributed by atoms with Gasteiger partial charge in [-0.15, -0.1) is 0 Å². The molecule has 2 nitrogen and oxygen atoms in total. The zero-order valence-corrected chi connectivity index (χ0v) is 9.08. The minimum atomic E-state index is -0.777. The van der Waals surface area contributed by atoms with E-state index in [1.165, 1.54) is 11.1 Å². The number of aryl methyl sites for hydroxylation is 1. The zero-order valence-electron chi connectivity index (χ0n) is 9.08. The predicted octanol–water partition coefficient (Wildman–Crippen LogP) is 1.93. The summed E-state index contributed by atoms with van der Waals surface area (Å²) in [6.45, 7) is 4.21. The second kappa shape index (κ2) is 4.58. The van der Waals surface area contributed by atoms with E-state index in [0.29, 0.717) is 13.0 Å². The quantitative estimate of drug-likeness (QED) is 0.793.